The molecule has 8 nitrogen and oxygen atoms in total. The van der Waals surface area contributed by atoms with Crippen LogP contribution in [0.1, 0.15) is 44.3 Å². The SMILES string of the molecule is CN1CCN(Cc2nnc(C3CCN(C(=O)C(C)(C)N)CC3)n2C)CC1.Cl.Cl. The van der Waals surface area contributed by atoms with Gasteiger partial charge in [0.15, 0.2) is 0 Å². The van der Waals surface area contributed by atoms with Gasteiger partial charge in [0.2, 0.25) is 5.91 Å². The first-order valence-electron chi connectivity index (χ1n) is 9.63. The molecule has 0 saturated carbocycles. The van der Waals surface area contributed by atoms with Crippen LogP contribution >= 0.6 is 24.8 Å². The molecule has 0 atom stereocenters. The van der Waals surface area contributed by atoms with Gasteiger partial charge in [-0.25, -0.2) is 0 Å². The fourth-order valence-corrected chi connectivity index (χ4v) is 3.82. The van der Waals surface area contributed by atoms with Crippen LogP contribution in [-0.2, 0) is 18.4 Å². The number of carbonyl (C=O) groups excluding carboxylic acids is 1. The lowest BCUT2D eigenvalue weighted by molar-refractivity contribution is -0.136. The average Bonchev–Trinajstić information content (AvgIpc) is 2.96. The van der Waals surface area contributed by atoms with E-state index in [9.17, 15) is 4.79 Å². The maximum absolute atomic E-state index is 12.3. The summed E-state index contributed by atoms with van der Waals surface area (Å²) in [6.45, 7) is 10.3. The number of carbonyl (C=O) groups is 1. The largest absolute Gasteiger partial charge is 0.341 e. The number of amides is 1. The number of hydrogen-bond acceptors (Lipinski definition) is 6. The monoisotopic (exact) mass is 435 g/mol. The van der Waals surface area contributed by atoms with Crippen LogP contribution in [0, 0.1) is 0 Å². The number of nitrogens with zero attached hydrogens (tertiary/aromatic N) is 6. The highest BCUT2D eigenvalue weighted by atomic mass is 35.5. The van der Waals surface area contributed by atoms with Crippen molar-refractivity contribution in [1.82, 2.24) is 29.5 Å². The Morgan fingerprint density at radius 2 is 1.61 bits per heavy atom. The van der Waals surface area contributed by atoms with Crippen molar-refractivity contribution in [2.45, 2.75) is 44.7 Å². The number of piperidine rings is 1. The molecule has 10 heteroatoms. The van der Waals surface area contributed by atoms with Gasteiger partial charge in [0, 0.05) is 52.2 Å². The van der Waals surface area contributed by atoms with E-state index in [1.54, 1.807) is 13.8 Å². The van der Waals surface area contributed by atoms with Gasteiger partial charge in [-0.3, -0.25) is 9.69 Å². The topological polar surface area (TPSA) is 83.5 Å². The molecule has 3 rings (SSSR count). The zero-order valence-electron chi connectivity index (χ0n) is 17.4. The Hall–Kier alpha value is -0.930. The third-order valence-corrected chi connectivity index (χ3v) is 5.66. The zero-order valence-corrected chi connectivity index (χ0v) is 19.1. The standard InChI is InChI=1S/C18H33N7O.2ClH/c1-18(2,19)17(26)25-7-5-14(6-8-25)16-21-20-15(23(16)4)13-24-11-9-22(3)10-12-24;;/h14H,5-13,19H2,1-4H3;2*1H. The highest BCUT2D eigenvalue weighted by Gasteiger charge is 2.32. The lowest BCUT2D eigenvalue weighted by Crippen LogP contribution is -2.53. The summed E-state index contributed by atoms with van der Waals surface area (Å²) in [6.07, 6.45) is 1.84. The Balaban J connectivity index is 0.00000196. The van der Waals surface area contributed by atoms with Crippen LogP contribution in [-0.4, -0.2) is 87.2 Å². The number of piperazine rings is 1. The molecule has 2 fully saturated rings. The molecule has 2 saturated heterocycles. The van der Waals surface area contributed by atoms with Gasteiger partial charge in [0.1, 0.15) is 11.6 Å². The van der Waals surface area contributed by atoms with Crippen molar-refractivity contribution in [3.63, 3.8) is 0 Å². The Labute approximate surface area is 180 Å². The van der Waals surface area contributed by atoms with Gasteiger partial charge in [-0.1, -0.05) is 0 Å². The molecule has 3 heterocycles. The first-order valence-corrected chi connectivity index (χ1v) is 9.63. The molecule has 0 spiro atoms. The van der Waals surface area contributed by atoms with E-state index in [1.807, 2.05) is 4.90 Å². The second-order valence-electron chi connectivity index (χ2n) is 8.40. The molecule has 162 valence electrons. The Kier molecular flexibility index (Phi) is 9.15. The molecule has 2 aliphatic heterocycles. The summed E-state index contributed by atoms with van der Waals surface area (Å²) in [4.78, 5) is 19.0. The summed E-state index contributed by atoms with van der Waals surface area (Å²) in [5.74, 6) is 2.47. The number of rotatable bonds is 4. The van der Waals surface area contributed by atoms with Crippen LogP contribution < -0.4 is 5.73 Å². The number of likely N-dealkylation sites (N-methyl/N-ethyl adjacent to an activating group) is 1. The molecule has 2 aliphatic rings. The first kappa shape index (κ1) is 25.1. The maximum Gasteiger partial charge on any atom is 0.242 e. The van der Waals surface area contributed by atoms with Crippen LogP contribution in [0.4, 0.5) is 0 Å². The van der Waals surface area contributed by atoms with Gasteiger partial charge in [0.25, 0.3) is 0 Å². The van der Waals surface area contributed by atoms with Gasteiger partial charge < -0.3 is 20.1 Å². The average molecular weight is 436 g/mol. The molecule has 1 aromatic heterocycles. The highest BCUT2D eigenvalue weighted by molar-refractivity contribution is 5.86. The molecule has 0 aromatic carbocycles. The molecule has 0 unspecified atom stereocenters. The second-order valence-corrected chi connectivity index (χ2v) is 8.40. The first-order chi connectivity index (χ1) is 12.3. The van der Waals surface area contributed by atoms with Crippen molar-refractivity contribution in [2.24, 2.45) is 12.8 Å². The van der Waals surface area contributed by atoms with E-state index >= 15 is 0 Å². The van der Waals surface area contributed by atoms with Crippen LogP contribution in [0.25, 0.3) is 0 Å². The summed E-state index contributed by atoms with van der Waals surface area (Å²) < 4.78 is 2.16. The molecule has 28 heavy (non-hydrogen) atoms. The van der Waals surface area contributed by atoms with E-state index in [0.717, 1.165) is 70.3 Å². The zero-order chi connectivity index (χ0) is 18.9. The number of aromatic nitrogens is 3. The summed E-state index contributed by atoms with van der Waals surface area (Å²) >= 11 is 0. The van der Waals surface area contributed by atoms with Crippen LogP contribution in [0.2, 0.25) is 0 Å². The smallest absolute Gasteiger partial charge is 0.242 e. The molecular weight excluding hydrogens is 401 g/mol. The van der Waals surface area contributed by atoms with E-state index in [2.05, 4.69) is 38.7 Å². The molecular formula is C18H35Cl2N7O. The fourth-order valence-electron chi connectivity index (χ4n) is 3.82. The minimum atomic E-state index is -0.798. The quantitative estimate of drug-likeness (QED) is 0.754. The minimum absolute atomic E-state index is 0. The van der Waals surface area contributed by atoms with Gasteiger partial charge in [0.05, 0.1) is 12.1 Å². The third kappa shape index (κ3) is 5.79. The fraction of sp³-hybridized carbons (Fsp3) is 0.833. The van der Waals surface area contributed by atoms with Crippen molar-refractivity contribution in [1.29, 1.82) is 0 Å². The summed E-state index contributed by atoms with van der Waals surface area (Å²) in [5.41, 5.74) is 5.16. The van der Waals surface area contributed by atoms with E-state index in [0.29, 0.717) is 5.92 Å². The van der Waals surface area contributed by atoms with E-state index in [1.165, 1.54) is 0 Å². The molecule has 0 radical (unpaired) electrons. The second kappa shape index (κ2) is 10.2. The van der Waals surface area contributed by atoms with Crippen LogP contribution in [0.5, 0.6) is 0 Å². The lowest BCUT2D eigenvalue weighted by Gasteiger charge is -2.35. The molecule has 0 aliphatic carbocycles. The van der Waals surface area contributed by atoms with E-state index in [4.69, 9.17) is 5.73 Å². The van der Waals surface area contributed by atoms with Gasteiger partial charge in [-0.05, 0) is 33.7 Å². The Morgan fingerprint density at radius 1 is 1.04 bits per heavy atom. The van der Waals surface area contributed by atoms with Gasteiger partial charge in [-0.15, -0.1) is 35.0 Å². The number of halogens is 2. The van der Waals surface area contributed by atoms with E-state index in [-0.39, 0.29) is 30.7 Å². The Bertz CT molecular complexity index is 630. The van der Waals surface area contributed by atoms with Crippen molar-refractivity contribution < 1.29 is 4.79 Å². The third-order valence-electron chi connectivity index (χ3n) is 5.66. The van der Waals surface area contributed by atoms with Gasteiger partial charge in [-0.2, -0.15) is 0 Å². The van der Waals surface area contributed by atoms with Crippen molar-refractivity contribution >= 4 is 30.7 Å². The number of nitrogens with two attached hydrogens (primary N) is 1. The number of likely N-dealkylation sites (tertiary alicyclic amines) is 1. The van der Waals surface area contributed by atoms with Crippen molar-refractivity contribution in [3.8, 4) is 0 Å². The van der Waals surface area contributed by atoms with Crippen LogP contribution in [0.3, 0.4) is 0 Å². The van der Waals surface area contributed by atoms with Crippen molar-refractivity contribution in [2.75, 3.05) is 46.3 Å². The molecule has 1 aromatic rings. The lowest BCUT2D eigenvalue weighted by atomic mass is 9.94. The molecule has 1 amide bonds. The predicted octanol–water partition coefficient (Wildman–Crippen LogP) is 0.849. The predicted molar refractivity (Wildman–Crippen MR) is 115 cm³/mol. The number of hydrogen-bond donors (Lipinski definition) is 1. The van der Waals surface area contributed by atoms with Crippen LogP contribution in [0.15, 0.2) is 0 Å². The summed E-state index contributed by atoms with van der Waals surface area (Å²) in [7, 11) is 4.24. The maximum atomic E-state index is 12.3. The molecule has 2 N–H and O–H groups in total. The normalized spacial score (nSPS) is 19.8. The minimum Gasteiger partial charge on any atom is -0.341 e. The Morgan fingerprint density at radius 3 is 2.14 bits per heavy atom. The van der Waals surface area contributed by atoms with Crippen molar-refractivity contribution in [3.05, 3.63) is 11.6 Å². The van der Waals surface area contributed by atoms with E-state index < -0.39 is 5.54 Å². The van der Waals surface area contributed by atoms with Gasteiger partial charge >= 0.3 is 0 Å². The summed E-state index contributed by atoms with van der Waals surface area (Å²) in [5, 5.41) is 8.94. The molecule has 0 bridgehead atoms. The highest BCUT2D eigenvalue weighted by Crippen LogP contribution is 2.28. The summed E-state index contributed by atoms with van der Waals surface area (Å²) in [6, 6.07) is 0.